The van der Waals surface area contributed by atoms with Gasteiger partial charge in [0.05, 0.1) is 12.0 Å². The lowest BCUT2D eigenvalue weighted by Crippen LogP contribution is -2.28. The SMILES string of the molecule is COCc1ccccc1-c1ccc(C(C)(C)C(=O)O)cc1. The molecule has 110 valence electrons. The molecule has 3 heteroatoms. The van der Waals surface area contributed by atoms with E-state index in [1.54, 1.807) is 21.0 Å². The second-order valence-electron chi connectivity index (χ2n) is 5.60. The number of carboxylic acids is 1. The Kier molecular flexibility index (Phi) is 4.43. The Hall–Kier alpha value is -2.13. The van der Waals surface area contributed by atoms with Crippen LogP contribution < -0.4 is 0 Å². The molecule has 0 aliphatic heterocycles. The molecular weight excluding hydrogens is 264 g/mol. The molecule has 0 aromatic heterocycles. The van der Waals surface area contributed by atoms with Gasteiger partial charge in [-0.25, -0.2) is 0 Å². The minimum Gasteiger partial charge on any atom is -0.481 e. The fourth-order valence-electron chi connectivity index (χ4n) is 2.27. The Morgan fingerprint density at radius 3 is 2.29 bits per heavy atom. The van der Waals surface area contributed by atoms with Gasteiger partial charge in [-0.15, -0.1) is 0 Å². The smallest absolute Gasteiger partial charge is 0.313 e. The lowest BCUT2D eigenvalue weighted by Gasteiger charge is -2.20. The van der Waals surface area contributed by atoms with Crippen molar-refractivity contribution in [1.29, 1.82) is 0 Å². The third kappa shape index (κ3) is 3.14. The van der Waals surface area contributed by atoms with Crippen LogP contribution in [-0.4, -0.2) is 18.2 Å². The number of rotatable bonds is 5. The van der Waals surface area contributed by atoms with Crippen LogP contribution in [0.2, 0.25) is 0 Å². The quantitative estimate of drug-likeness (QED) is 0.906. The molecule has 1 N–H and O–H groups in total. The van der Waals surface area contributed by atoms with E-state index >= 15 is 0 Å². The third-order valence-electron chi connectivity index (χ3n) is 3.77. The molecule has 2 aromatic carbocycles. The zero-order valence-electron chi connectivity index (χ0n) is 12.6. The summed E-state index contributed by atoms with van der Waals surface area (Å²) in [5.74, 6) is -0.824. The second-order valence-corrected chi connectivity index (χ2v) is 5.60. The maximum atomic E-state index is 11.3. The number of ether oxygens (including phenoxy) is 1. The van der Waals surface area contributed by atoms with E-state index in [9.17, 15) is 9.90 Å². The first-order chi connectivity index (χ1) is 9.96. The monoisotopic (exact) mass is 284 g/mol. The van der Waals surface area contributed by atoms with Crippen LogP contribution in [-0.2, 0) is 21.6 Å². The number of methoxy groups -OCH3 is 1. The zero-order valence-corrected chi connectivity index (χ0v) is 12.6. The van der Waals surface area contributed by atoms with Crippen molar-refractivity contribution in [2.24, 2.45) is 0 Å². The van der Waals surface area contributed by atoms with Crippen LogP contribution in [0.1, 0.15) is 25.0 Å². The number of hydrogen-bond donors (Lipinski definition) is 1. The van der Waals surface area contributed by atoms with E-state index in [2.05, 4.69) is 0 Å². The lowest BCUT2D eigenvalue weighted by atomic mass is 9.84. The summed E-state index contributed by atoms with van der Waals surface area (Å²) in [5.41, 5.74) is 3.20. The van der Waals surface area contributed by atoms with Gasteiger partial charge in [-0.2, -0.15) is 0 Å². The van der Waals surface area contributed by atoms with Crippen molar-refractivity contribution in [1.82, 2.24) is 0 Å². The van der Waals surface area contributed by atoms with E-state index in [1.165, 1.54) is 0 Å². The van der Waals surface area contributed by atoms with E-state index in [-0.39, 0.29) is 0 Å². The summed E-state index contributed by atoms with van der Waals surface area (Å²) in [4.78, 5) is 11.3. The predicted molar refractivity (Wildman–Crippen MR) is 83.3 cm³/mol. The van der Waals surface area contributed by atoms with Crippen LogP contribution in [0.4, 0.5) is 0 Å². The Bertz CT molecular complexity index is 627. The largest absolute Gasteiger partial charge is 0.481 e. The van der Waals surface area contributed by atoms with Crippen molar-refractivity contribution < 1.29 is 14.6 Å². The molecule has 3 nitrogen and oxygen atoms in total. The van der Waals surface area contributed by atoms with Gasteiger partial charge in [-0.1, -0.05) is 48.5 Å². The molecule has 0 bridgehead atoms. The summed E-state index contributed by atoms with van der Waals surface area (Å²) in [5, 5.41) is 9.28. The zero-order chi connectivity index (χ0) is 15.5. The highest BCUT2D eigenvalue weighted by atomic mass is 16.5. The molecule has 0 fully saturated rings. The molecule has 0 aliphatic rings. The van der Waals surface area contributed by atoms with Crippen LogP contribution >= 0.6 is 0 Å². The molecule has 0 radical (unpaired) electrons. The minimum atomic E-state index is -0.884. The van der Waals surface area contributed by atoms with Crippen molar-refractivity contribution in [3.05, 3.63) is 59.7 Å². The first-order valence-electron chi connectivity index (χ1n) is 6.88. The first kappa shape index (κ1) is 15.3. The van der Waals surface area contributed by atoms with Gasteiger partial charge in [0.2, 0.25) is 0 Å². The molecule has 2 rings (SSSR count). The van der Waals surface area contributed by atoms with Crippen LogP contribution in [0.3, 0.4) is 0 Å². The van der Waals surface area contributed by atoms with Gasteiger partial charge in [-0.05, 0) is 36.1 Å². The van der Waals surface area contributed by atoms with Crippen molar-refractivity contribution >= 4 is 5.97 Å². The van der Waals surface area contributed by atoms with E-state index < -0.39 is 11.4 Å². The van der Waals surface area contributed by atoms with Crippen LogP contribution in [0.25, 0.3) is 11.1 Å². The maximum absolute atomic E-state index is 11.3. The molecule has 0 atom stereocenters. The number of aliphatic carboxylic acids is 1. The standard InChI is InChI=1S/C18H20O3/c1-18(2,17(19)20)15-10-8-13(9-11-15)16-7-5-4-6-14(16)12-21-3/h4-11H,12H2,1-3H3,(H,19,20). The Balaban J connectivity index is 2.38. The summed E-state index contributed by atoms with van der Waals surface area (Å²) in [6.45, 7) is 3.98. The molecule has 0 saturated carbocycles. The molecular formula is C18H20O3. The van der Waals surface area contributed by atoms with Gasteiger partial charge in [0, 0.05) is 7.11 Å². The summed E-state index contributed by atoms with van der Waals surface area (Å²) in [7, 11) is 1.68. The van der Waals surface area contributed by atoms with Gasteiger partial charge in [-0.3, -0.25) is 4.79 Å². The van der Waals surface area contributed by atoms with Gasteiger partial charge in [0.15, 0.2) is 0 Å². The lowest BCUT2D eigenvalue weighted by molar-refractivity contribution is -0.142. The average Bonchev–Trinajstić information content (AvgIpc) is 2.48. The van der Waals surface area contributed by atoms with Crippen molar-refractivity contribution in [2.75, 3.05) is 7.11 Å². The fraction of sp³-hybridized carbons (Fsp3) is 0.278. The van der Waals surface area contributed by atoms with Gasteiger partial charge in [0.1, 0.15) is 0 Å². The summed E-state index contributed by atoms with van der Waals surface area (Å²) < 4.78 is 5.22. The third-order valence-corrected chi connectivity index (χ3v) is 3.77. The van der Waals surface area contributed by atoms with E-state index in [4.69, 9.17) is 4.74 Å². The number of carboxylic acid groups (broad SMARTS) is 1. The molecule has 0 aliphatic carbocycles. The van der Waals surface area contributed by atoms with Crippen LogP contribution in [0.15, 0.2) is 48.5 Å². The topological polar surface area (TPSA) is 46.5 Å². The van der Waals surface area contributed by atoms with Crippen molar-refractivity contribution in [2.45, 2.75) is 25.9 Å². The first-order valence-corrected chi connectivity index (χ1v) is 6.88. The molecule has 2 aromatic rings. The van der Waals surface area contributed by atoms with Gasteiger partial charge < -0.3 is 9.84 Å². The highest BCUT2D eigenvalue weighted by Crippen LogP contribution is 2.28. The molecule has 21 heavy (non-hydrogen) atoms. The normalized spacial score (nSPS) is 11.4. The summed E-state index contributed by atoms with van der Waals surface area (Å²) in [6, 6.07) is 15.8. The van der Waals surface area contributed by atoms with E-state index in [1.807, 2.05) is 48.5 Å². The number of hydrogen-bond acceptors (Lipinski definition) is 2. The average molecular weight is 284 g/mol. The Morgan fingerprint density at radius 2 is 1.71 bits per heavy atom. The van der Waals surface area contributed by atoms with Crippen LogP contribution in [0.5, 0.6) is 0 Å². The highest BCUT2D eigenvalue weighted by Gasteiger charge is 2.29. The predicted octanol–water partition coefficient (Wildman–Crippen LogP) is 3.86. The minimum absolute atomic E-state index is 0.554. The van der Waals surface area contributed by atoms with Crippen molar-refractivity contribution in [3.8, 4) is 11.1 Å². The Morgan fingerprint density at radius 1 is 1.10 bits per heavy atom. The summed E-state index contributed by atoms with van der Waals surface area (Å²) in [6.07, 6.45) is 0. The summed E-state index contributed by atoms with van der Waals surface area (Å²) >= 11 is 0. The molecule has 0 saturated heterocycles. The maximum Gasteiger partial charge on any atom is 0.313 e. The molecule has 0 spiro atoms. The second kappa shape index (κ2) is 6.10. The van der Waals surface area contributed by atoms with Crippen molar-refractivity contribution in [3.63, 3.8) is 0 Å². The molecule has 0 amide bonds. The van der Waals surface area contributed by atoms with E-state index in [0.717, 1.165) is 22.3 Å². The highest BCUT2D eigenvalue weighted by molar-refractivity contribution is 5.80. The van der Waals surface area contributed by atoms with Crippen LogP contribution in [0, 0.1) is 0 Å². The van der Waals surface area contributed by atoms with Gasteiger partial charge >= 0.3 is 5.97 Å². The van der Waals surface area contributed by atoms with Gasteiger partial charge in [0.25, 0.3) is 0 Å². The number of benzene rings is 2. The Labute approximate surface area is 125 Å². The number of carbonyl (C=O) groups is 1. The molecule has 0 unspecified atom stereocenters. The molecule has 0 heterocycles. The van der Waals surface area contributed by atoms with E-state index in [0.29, 0.717) is 6.61 Å². The fourth-order valence-corrected chi connectivity index (χ4v) is 2.27.